The van der Waals surface area contributed by atoms with Crippen molar-refractivity contribution < 1.29 is 18.7 Å². The molecule has 0 fully saturated rings. The highest BCUT2D eigenvalue weighted by atomic mass is 19.1. The van der Waals surface area contributed by atoms with E-state index in [1.165, 1.54) is 4.57 Å². The summed E-state index contributed by atoms with van der Waals surface area (Å²) in [5.41, 5.74) is 4.68. The monoisotopic (exact) mass is 538 g/mol. The van der Waals surface area contributed by atoms with Gasteiger partial charge in [-0.2, -0.15) is 0 Å². The van der Waals surface area contributed by atoms with Gasteiger partial charge in [0.25, 0.3) is 5.91 Å². The van der Waals surface area contributed by atoms with Crippen molar-refractivity contribution in [2.45, 2.75) is 0 Å². The molecular weight excluding hydrogens is 510 g/mol. The molecule has 0 spiro atoms. The van der Waals surface area contributed by atoms with Crippen molar-refractivity contribution in [1.82, 2.24) is 9.55 Å². The zero-order chi connectivity index (χ0) is 28.6. The van der Waals surface area contributed by atoms with Gasteiger partial charge >= 0.3 is 0 Å². The fraction of sp³-hybridized carbons (Fsp3) is 0.125. The summed E-state index contributed by atoms with van der Waals surface area (Å²) in [4.78, 5) is 22.9. The Balaban J connectivity index is 1.85. The molecule has 0 aliphatic rings. The standard InChI is InChI=1S/C32H28F2N4O2/c1-36(2)24-14-10-20(11-15-24)28-29(21-12-16-25(17-13-21)37(3)4)38(32(40)22-8-6-5-7-9-22)31(35-28)23-18-26(33)30(39)27(34)19-23/h5-19,39H,1-4H3. The third-order valence-corrected chi connectivity index (χ3v) is 6.69. The first-order valence-electron chi connectivity index (χ1n) is 12.6. The van der Waals surface area contributed by atoms with Gasteiger partial charge in [-0.05, 0) is 48.5 Å². The Hall–Kier alpha value is -4.98. The van der Waals surface area contributed by atoms with Crippen molar-refractivity contribution in [3.05, 3.63) is 108 Å². The van der Waals surface area contributed by atoms with Crippen LogP contribution in [0, 0.1) is 11.6 Å². The molecule has 8 heteroatoms. The maximum absolute atomic E-state index is 14.6. The molecule has 0 radical (unpaired) electrons. The number of imidazole rings is 1. The topological polar surface area (TPSA) is 61.6 Å². The second kappa shape index (κ2) is 10.6. The number of aromatic nitrogens is 2. The molecule has 0 unspecified atom stereocenters. The van der Waals surface area contributed by atoms with Crippen LogP contribution < -0.4 is 9.80 Å². The fourth-order valence-electron chi connectivity index (χ4n) is 4.52. The van der Waals surface area contributed by atoms with Crippen molar-refractivity contribution in [2.24, 2.45) is 0 Å². The molecule has 0 bridgehead atoms. The zero-order valence-electron chi connectivity index (χ0n) is 22.6. The van der Waals surface area contributed by atoms with E-state index < -0.39 is 23.3 Å². The van der Waals surface area contributed by atoms with Crippen molar-refractivity contribution in [3.8, 4) is 39.7 Å². The SMILES string of the molecule is CN(C)c1ccc(-c2nc(-c3cc(F)c(O)c(F)c3)n(C(=O)c3ccccc3)c2-c2ccc(N(C)C)cc2)cc1. The number of phenols is 1. The Labute approximate surface area is 231 Å². The van der Waals surface area contributed by atoms with Crippen molar-refractivity contribution in [3.63, 3.8) is 0 Å². The molecule has 5 rings (SSSR count). The molecule has 0 aliphatic heterocycles. The number of aromatic hydroxyl groups is 1. The molecule has 202 valence electrons. The second-order valence-corrected chi connectivity index (χ2v) is 9.81. The Kier molecular flexibility index (Phi) is 7.09. The molecule has 0 saturated carbocycles. The number of carbonyl (C=O) groups excluding carboxylic acids is 1. The minimum Gasteiger partial charge on any atom is -0.503 e. The third kappa shape index (κ3) is 4.91. The van der Waals surface area contributed by atoms with Crippen LogP contribution in [0.4, 0.5) is 20.2 Å². The van der Waals surface area contributed by atoms with E-state index >= 15 is 0 Å². The van der Waals surface area contributed by atoms with Gasteiger partial charge in [0.15, 0.2) is 17.4 Å². The molecular formula is C32H28F2N4O2. The highest BCUT2D eigenvalue weighted by molar-refractivity contribution is 6.03. The van der Waals surface area contributed by atoms with Gasteiger partial charge in [0.1, 0.15) is 5.82 Å². The van der Waals surface area contributed by atoms with Gasteiger partial charge < -0.3 is 14.9 Å². The van der Waals surface area contributed by atoms with Crippen LogP contribution in [0.2, 0.25) is 0 Å². The molecule has 5 aromatic rings. The fourth-order valence-corrected chi connectivity index (χ4v) is 4.52. The minimum atomic E-state index is -1.15. The molecule has 1 heterocycles. The predicted molar refractivity (Wildman–Crippen MR) is 155 cm³/mol. The molecule has 0 amide bonds. The number of anilines is 2. The van der Waals surface area contributed by atoms with E-state index in [9.17, 15) is 18.7 Å². The van der Waals surface area contributed by atoms with Crippen LogP contribution in [0.3, 0.4) is 0 Å². The molecule has 0 saturated heterocycles. The number of hydrogen-bond acceptors (Lipinski definition) is 5. The number of carbonyl (C=O) groups is 1. The number of halogens is 2. The third-order valence-electron chi connectivity index (χ3n) is 6.69. The van der Waals surface area contributed by atoms with E-state index in [0.29, 0.717) is 22.5 Å². The summed E-state index contributed by atoms with van der Waals surface area (Å²) in [7, 11) is 7.74. The lowest BCUT2D eigenvalue weighted by Gasteiger charge is -2.16. The van der Waals surface area contributed by atoms with E-state index in [0.717, 1.165) is 29.1 Å². The largest absolute Gasteiger partial charge is 0.503 e. The molecule has 0 atom stereocenters. The average molecular weight is 539 g/mol. The summed E-state index contributed by atoms with van der Waals surface area (Å²) < 4.78 is 30.5. The maximum Gasteiger partial charge on any atom is 0.264 e. The summed E-state index contributed by atoms with van der Waals surface area (Å²) in [5.74, 6) is -3.75. The van der Waals surface area contributed by atoms with E-state index in [1.54, 1.807) is 30.3 Å². The average Bonchev–Trinajstić information content (AvgIpc) is 3.36. The van der Waals surface area contributed by atoms with Gasteiger partial charge in [-0.25, -0.2) is 13.8 Å². The first-order valence-corrected chi connectivity index (χ1v) is 12.6. The van der Waals surface area contributed by atoms with Crippen LogP contribution >= 0.6 is 0 Å². The van der Waals surface area contributed by atoms with Gasteiger partial charge in [-0.3, -0.25) is 9.36 Å². The lowest BCUT2D eigenvalue weighted by atomic mass is 10.0. The first kappa shape index (κ1) is 26.6. The van der Waals surface area contributed by atoms with Gasteiger partial charge in [-0.1, -0.05) is 42.5 Å². The van der Waals surface area contributed by atoms with Gasteiger partial charge in [0, 0.05) is 61.8 Å². The second-order valence-electron chi connectivity index (χ2n) is 9.81. The number of benzene rings is 4. The molecule has 6 nitrogen and oxygen atoms in total. The van der Waals surface area contributed by atoms with E-state index in [2.05, 4.69) is 0 Å². The quantitative estimate of drug-likeness (QED) is 0.261. The normalized spacial score (nSPS) is 10.9. The number of phenolic OH excluding ortho intramolecular Hbond substituents is 1. The van der Waals surface area contributed by atoms with Crippen LogP contribution in [0.25, 0.3) is 33.9 Å². The van der Waals surface area contributed by atoms with Crippen LogP contribution in [0.1, 0.15) is 10.4 Å². The Morgan fingerprint density at radius 2 is 1.23 bits per heavy atom. The van der Waals surface area contributed by atoms with Crippen LogP contribution in [0.15, 0.2) is 91.0 Å². The predicted octanol–water partition coefficient (Wildman–Crippen LogP) is 6.69. The molecule has 1 N–H and O–H groups in total. The smallest absolute Gasteiger partial charge is 0.264 e. The summed E-state index contributed by atoms with van der Waals surface area (Å²) in [5, 5.41) is 9.74. The van der Waals surface area contributed by atoms with Crippen molar-refractivity contribution in [1.29, 1.82) is 0 Å². The van der Waals surface area contributed by atoms with Crippen molar-refractivity contribution >= 4 is 17.3 Å². The van der Waals surface area contributed by atoms with Crippen LogP contribution in [0.5, 0.6) is 5.75 Å². The number of rotatable bonds is 6. The van der Waals surface area contributed by atoms with Gasteiger partial charge in [0.05, 0.1) is 11.4 Å². The number of nitrogens with zero attached hydrogens (tertiary/aromatic N) is 4. The Morgan fingerprint density at radius 3 is 1.73 bits per heavy atom. The highest BCUT2D eigenvalue weighted by Crippen LogP contribution is 2.39. The molecule has 0 aliphatic carbocycles. The highest BCUT2D eigenvalue weighted by Gasteiger charge is 2.27. The maximum atomic E-state index is 14.6. The van der Waals surface area contributed by atoms with Crippen molar-refractivity contribution in [2.75, 3.05) is 38.0 Å². The zero-order valence-corrected chi connectivity index (χ0v) is 22.6. The Morgan fingerprint density at radius 1 is 0.725 bits per heavy atom. The summed E-state index contributed by atoms with van der Waals surface area (Å²) in [6.07, 6.45) is 0. The van der Waals surface area contributed by atoms with Gasteiger partial charge in [-0.15, -0.1) is 0 Å². The lowest BCUT2D eigenvalue weighted by molar-refractivity contribution is 0.0963. The number of hydrogen-bond donors (Lipinski definition) is 1. The molecule has 4 aromatic carbocycles. The Bertz CT molecular complexity index is 1650. The van der Waals surface area contributed by atoms with Crippen LogP contribution in [-0.4, -0.2) is 48.8 Å². The summed E-state index contributed by atoms with van der Waals surface area (Å²) in [6.45, 7) is 0. The van der Waals surface area contributed by atoms with E-state index in [-0.39, 0.29) is 11.4 Å². The minimum absolute atomic E-state index is 0.0133. The first-order chi connectivity index (χ1) is 19.2. The summed E-state index contributed by atoms with van der Waals surface area (Å²) in [6, 6.07) is 25.9. The summed E-state index contributed by atoms with van der Waals surface area (Å²) >= 11 is 0. The van der Waals surface area contributed by atoms with E-state index in [4.69, 9.17) is 4.98 Å². The van der Waals surface area contributed by atoms with Gasteiger partial charge in [0.2, 0.25) is 0 Å². The van der Waals surface area contributed by atoms with E-state index in [1.807, 2.05) is 86.5 Å². The van der Waals surface area contributed by atoms with Crippen LogP contribution in [-0.2, 0) is 0 Å². The molecule has 40 heavy (non-hydrogen) atoms. The lowest BCUT2D eigenvalue weighted by Crippen LogP contribution is -2.15. The molecule has 1 aromatic heterocycles.